The Morgan fingerprint density at radius 2 is 2.10 bits per heavy atom. The molecule has 0 bridgehead atoms. The van der Waals surface area contributed by atoms with E-state index in [4.69, 9.17) is 0 Å². The van der Waals surface area contributed by atoms with Crippen molar-refractivity contribution in [3.05, 3.63) is 28.2 Å². The van der Waals surface area contributed by atoms with Crippen molar-refractivity contribution in [2.45, 2.75) is 65.1 Å². The molecule has 0 saturated carbocycles. The fourth-order valence-electron chi connectivity index (χ4n) is 3.43. The zero-order chi connectivity index (χ0) is 14.7. The van der Waals surface area contributed by atoms with Crippen molar-refractivity contribution in [1.29, 1.82) is 0 Å². The van der Waals surface area contributed by atoms with Crippen molar-refractivity contribution in [3.63, 3.8) is 0 Å². The maximum absolute atomic E-state index is 3.65. The summed E-state index contributed by atoms with van der Waals surface area (Å²) in [6.07, 6.45) is 3.85. The summed E-state index contributed by atoms with van der Waals surface area (Å²) in [5.41, 5.74) is 2.83. The summed E-state index contributed by atoms with van der Waals surface area (Å²) in [4.78, 5) is 2.65. The topological polar surface area (TPSA) is 15.3 Å². The lowest BCUT2D eigenvalue weighted by Gasteiger charge is -2.34. The van der Waals surface area contributed by atoms with Crippen LogP contribution in [-0.4, -0.2) is 18.6 Å². The Morgan fingerprint density at radius 3 is 2.75 bits per heavy atom. The van der Waals surface area contributed by atoms with Crippen molar-refractivity contribution in [2.24, 2.45) is 0 Å². The smallest absolute Gasteiger partial charge is 0.0430 e. The minimum atomic E-state index is 0.397. The fraction of sp³-hybridized carbons (Fsp3) is 0.647. The number of hydrogen-bond acceptors (Lipinski definition) is 2. The van der Waals surface area contributed by atoms with Crippen LogP contribution >= 0.6 is 15.9 Å². The summed E-state index contributed by atoms with van der Waals surface area (Å²) in [6.45, 7) is 10.1. The van der Waals surface area contributed by atoms with Crippen LogP contribution in [0, 0.1) is 0 Å². The maximum Gasteiger partial charge on any atom is 0.0430 e. The molecule has 1 aliphatic heterocycles. The van der Waals surface area contributed by atoms with Crippen LogP contribution in [0.1, 0.15) is 58.6 Å². The molecule has 1 saturated heterocycles. The Morgan fingerprint density at radius 1 is 1.35 bits per heavy atom. The first-order chi connectivity index (χ1) is 9.58. The van der Waals surface area contributed by atoms with E-state index < -0.39 is 0 Å². The van der Waals surface area contributed by atoms with Crippen LogP contribution in [0.5, 0.6) is 0 Å². The normalized spacial score (nSPS) is 24.1. The van der Waals surface area contributed by atoms with E-state index in [9.17, 15) is 0 Å². The van der Waals surface area contributed by atoms with E-state index in [-0.39, 0.29) is 0 Å². The summed E-state index contributed by atoms with van der Waals surface area (Å²) < 4.78 is 1.17. The molecule has 20 heavy (non-hydrogen) atoms. The van der Waals surface area contributed by atoms with Crippen LogP contribution in [0.15, 0.2) is 22.7 Å². The molecule has 1 N–H and O–H groups in total. The first-order valence-electron chi connectivity index (χ1n) is 7.89. The molecule has 3 atom stereocenters. The van der Waals surface area contributed by atoms with Crippen molar-refractivity contribution >= 4 is 21.6 Å². The molecule has 0 aromatic heterocycles. The molecule has 112 valence electrons. The molecule has 3 unspecified atom stereocenters. The predicted octanol–water partition coefficient (Wildman–Crippen LogP) is 4.89. The van der Waals surface area contributed by atoms with Crippen molar-refractivity contribution in [3.8, 4) is 0 Å². The third-order valence-electron chi connectivity index (χ3n) is 4.50. The van der Waals surface area contributed by atoms with E-state index in [2.05, 4.69) is 72.0 Å². The molecule has 0 amide bonds. The average Bonchev–Trinajstić information content (AvgIpc) is 2.79. The Kier molecular flexibility index (Phi) is 5.50. The monoisotopic (exact) mass is 338 g/mol. The van der Waals surface area contributed by atoms with Gasteiger partial charge in [0.15, 0.2) is 0 Å². The van der Waals surface area contributed by atoms with Crippen LogP contribution in [0.4, 0.5) is 5.69 Å². The van der Waals surface area contributed by atoms with Gasteiger partial charge in [-0.2, -0.15) is 0 Å². The number of nitrogens with one attached hydrogen (secondary N) is 1. The maximum atomic E-state index is 3.65. The zero-order valence-electron chi connectivity index (χ0n) is 13.1. The van der Waals surface area contributed by atoms with Gasteiger partial charge in [-0.1, -0.05) is 35.8 Å². The van der Waals surface area contributed by atoms with Crippen molar-refractivity contribution < 1.29 is 0 Å². The van der Waals surface area contributed by atoms with Gasteiger partial charge >= 0.3 is 0 Å². The lowest BCUT2D eigenvalue weighted by atomic mass is 10.0. The van der Waals surface area contributed by atoms with Gasteiger partial charge in [0, 0.05) is 28.3 Å². The highest BCUT2D eigenvalue weighted by atomic mass is 79.9. The van der Waals surface area contributed by atoms with Crippen LogP contribution in [0.3, 0.4) is 0 Å². The molecule has 0 aliphatic carbocycles. The largest absolute Gasteiger partial charge is 0.366 e. The van der Waals surface area contributed by atoms with Gasteiger partial charge in [0.25, 0.3) is 0 Å². The Balaban J connectivity index is 2.40. The molecule has 1 heterocycles. The van der Waals surface area contributed by atoms with E-state index in [0.717, 1.165) is 6.54 Å². The third-order valence-corrected chi connectivity index (χ3v) is 5.00. The Bertz CT molecular complexity index is 447. The molecular weight excluding hydrogens is 312 g/mol. The number of halogens is 1. The molecule has 1 fully saturated rings. The third kappa shape index (κ3) is 3.20. The van der Waals surface area contributed by atoms with Gasteiger partial charge in [0.2, 0.25) is 0 Å². The second kappa shape index (κ2) is 6.95. The molecule has 1 aromatic carbocycles. The molecule has 2 nitrogen and oxygen atoms in total. The fourth-order valence-corrected chi connectivity index (χ4v) is 3.78. The quantitative estimate of drug-likeness (QED) is 0.822. The zero-order valence-corrected chi connectivity index (χ0v) is 14.7. The van der Waals surface area contributed by atoms with Crippen LogP contribution in [-0.2, 0) is 0 Å². The van der Waals surface area contributed by atoms with E-state index >= 15 is 0 Å². The molecule has 3 heteroatoms. The Hall–Kier alpha value is -0.540. The summed E-state index contributed by atoms with van der Waals surface area (Å²) in [5, 5.41) is 3.55. The molecule has 1 aromatic rings. The molecule has 1 aliphatic rings. The number of hydrogen-bond donors (Lipinski definition) is 1. The highest BCUT2D eigenvalue weighted by Gasteiger charge is 2.31. The first-order valence-corrected chi connectivity index (χ1v) is 8.68. The lowest BCUT2D eigenvalue weighted by molar-refractivity contribution is 0.582. The lowest BCUT2D eigenvalue weighted by Crippen LogP contribution is -2.35. The predicted molar refractivity (Wildman–Crippen MR) is 91.5 cm³/mol. The van der Waals surface area contributed by atoms with Crippen LogP contribution in [0.2, 0.25) is 0 Å². The van der Waals surface area contributed by atoms with E-state index in [1.54, 1.807) is 0 Å². The van der Waals surface area contributed by atoms with E-state index in [0.29, 0.717) is 18.1 Å². The van der Waals surface area contributed by atoms with Gasteiger partial charge in [0.05, 0.1) is 0 Å². The highest BCUT2D eigenvalue weighted by Crippen LogP contribution is 2.37. The van der Waals surface area contributed by atoms with Gasteiger partial charge in [0.1, 0.15) is 0 Å². The number of rotatable bonds is 5. The molecule has 2 rings (SSSR count). The second-order valence-electron chi connectivity index (χ2n) is 5.88. The number of anilines is 1. The molecule has 0 radical (unpaired) electrons. The standard InChI is InChI=1S/C17H27BrN2/c1-5-15-9-7-12(3)20(15)17-11-14(18)8-10-16(17)13(4)19-6-2/h8,10-13,15,19H,5-7,9H2,1-4H3. The SMILES string of the molecule is CCNC(C)c1ccc(Br)cc1N1C(C)CCC1CC. The van der Waals surface area contributed by atoms with Gasteiger partial charge in [-0.05, 0) is 57.4 Å². The van der Waals surface area contributed by atoms with Gasteiger partial charge in [-0.3, -0.25) is 0 Å². The number of benzene rings is 1. The minimum Gasteiger partial charge on any atom is -0.366 e. The average molecular weight is 339 g/mol. The van der Waals surface area contributed by atoms with Crippen molar-refractivity contribution in [1.82, 2.24) is 5.32 Å². The summed E-state index contributed by atoms with van der Waals surface area (Å²) >= 11 is 3.65. The van der Waals surface area contributed by atoms with E-state index in [1.165, 1.54) is 35.0 Å². The Labute approximate surface area is 132 Å². The van der Waals surface area contributed by atoms with Gasteiger partial charge in [-0.15, -0.1) is 0 Å². The number of nitrogens with zero attached hydrogens (tertiary/aromatic N) is 1. The van der Waals surface area contributed by atoms with Crippen LogP contribution in [0.25, 0.3) is 0 Å². The highest BCUT2D eigenvalue weighted by molar-refractivity contribution is 9.10. The van der Waals surface area contributed by atoms with Crippen LogP contribution < -0.4 is 10.2 Å². The second-order valence-corrected chi connectivity index (χ2v) is 6.79. The molecular formula is C17H27BrN2. The summed E-state index contributed by atoms with van der Waals surface area (Å²) in [5.74, 6) is 0. The first kappa shape index (κ1) is 15.8. The summed E-state index contributed by atoms with van der Waals surface area (Å²) in [6, 6.07) is 8.45. The minimum absolute atomic E-state index is 0.397. The van der Waals surface area contributed by atoms with Gasteiger partial charge in [-0.25, -0.2) is 0 Å². The summed E-state index contributed by atoms with van der Waals surface area (Å²) in [7, 11) is 0. The van der Waals surface area contributed by atoms with Gasteiger partial charge < -0.3 is 10.2 Å². The van der Waals surface area contributed by atoms with Crippen molar-refractivity contribution in [2.75, 3.05) is 11.4 Å². The van der Waals surface area contributed by atoms with E-state index in [1.807, 2.05) is 0 Å². The molecule has 0 spiro atoms.